The lowest BCUT2D eigenvalue weighted by Crippen LogP contribution is -2.11. The zero-order chi connectivity index (χ0) is 16.4. The normalized spacial score (nSPS) is 11.0. The minimum absolute atomic E-state index is 0.614. The fourth-order valence-electron chi connectivity index (χ4n) is 2.63. The third kappa shape index (κ3) is 2.72. The van der Waals surface area contributed by atoms with Crippen LogP contribution in [0.25, 0.3) is 22.2 Å². The zero-order valence-corrected chi connectivity index (χ0v) is 13.6. The van der Waals surface area contributed by atoms with Crippen molar-refractivity contribution < 1.29 is 0 Å². The van der Waals surface area contributed by atoms with Gasteiger partial charge in [0.1, 0.15) is 0 Å². The third-order valence-electron chi connectivity index (χ3n) is 3.82. The maximum atomic E-state index is 6.16. The lowest BCUT2D eigenvalue weighted by Gasteiger charge is -2.06. The molecule has 2 N–H and O–H groups in total. The molecular formula is C18H15N5S. The Balaban J connectivity index is 1.59. The van der Waals surface area contributed by atoms with Crippen LogP contribution in [-0.4, -0.2) is 19.9 Å². The first kappa shape index (κ1) is 14.7. The number of nitrogen functional groups attached to an aromatic ring is 1. The van der Waals surface area contributed by atoms with Crippen LogP contribution < -0.4 is 5.84 Å². The largest absolute Gasteiger partial charge is 0.335 e. The highest BCUT2D eigenvalue weighted by atomic mass is 32.2. The number of thioether (sulfide) groups is 1. The molecular weight excluding hydrogens is 318 g/mol. The van der Waals surface area contributed by atoms with Crippen molar-refractivity contribution in [2.24, 2.45) is 0 Å². The lowest BCUT2D eigenvalue weighted by atomic mass is 10.1. The van der Waals surface area contributed by atoms with E-state index < -0.39 is 0 Å². The van der Waals surface area contributed by atoms with E-state index in [0.29, 0.717) is 11.0 Å². The summed E-state index contributed by atoms with van der Waals surface area (Å²) in [6.07, 6.45) is 3.45. The van der Waals surface area contributed by atoms with Gasteiger partial charge in [-0.05, 0) is 28.5 Å². The van der Waals surface area contributed by atoms with Crippen LogP contribution in [0.3, 0.4) is 0 Å². The molecule has 0 fully saturated rings. The summed E-state index contributed by atoms with van der Waals surface area (Å²) in [5, 5.41) is 11.6. The summed E-state index contributed by atoms with van der Waals surface area (Å²) in [5.74, 6) is 7.55. The van der Waals surface area contributed by atoms with Gasteiger partial charge in [-0.1, -0.05) is 54.2 Å². The van der Waals surface area contributed by atoms with Gasteiger partial charge in [0.25, 0.3) is 0 Å². The number of aromatic nitrogens is 4. The first-order valence-electron chi connectivity index (χ1n) is 7.53. The van der Waals surface area contributed by atoms with E-state index in [1.54, 1.807) is 24.2 Å². The van der Waals surface area contributed by atoms with Crippen molar-refractivity contribution in [3.05, 3.63) is 72.6 Å². The molecule has 0 amide bonds. The summed E-state index contributed by atoms with van der Waals surface area (Å²) in [5.41, 5.74) is 2.11. The standard InChI is InChI=1S/C18H15N5S/c19-23-17(14-8-4-10-20-11-14)21-22-18(23)24-12-15-7-3-6-13-5-1-2-9-16(13)15/h1-11H,12,19H2. The van der Waals surface area contributed by atoms with E-state index >= 15 is 0 Å². The van der Waals surface area contributed by atoms with E-state index in [4.69, 9.17) is 5.84 Å². The van der Waals surface area contributed by atoms with Crippen LogP contribution >= 0.6 is 11.8 Å². The molecule has 0 saturated heterocycles. The summed E-state index contributed by atoms with van der Waals surface area (Å²) in [4.78, 5) is 4.10. The van der Waals surface area contributed by atoms with Gasteiger partial charge in [0.2, 0.25) is 5.16 Å². The Labute approximate surface area is 143 Å². The van der Waals surface area contributed by atoms with Gasteiger partial charge in [-0.3, -0.25) is 4.98 Å². The summed E-state index contributed by atoms with van der Waals surface area (Å²) in [6.45, 7) is 0. The van der Waals surface area contributed by atoms with E-state index in [2.05, 4.69) is 57.6 Å². The van der Waals surface area contributed by atoms with Crippen molar-refractivity contribution in [3.8, 4) is 11.4 Å². The van der Waals surface area contributed by atoms with Gasteiger partial charge < -0.3 is 5.84 Å². The van der Waals surface area contributed by atoms with Crippen LogP contribution in [0.15, 0.2) is 72.1 Å². The van der Waals surface area contributed by atoms with Gasteiger partial charge in [0.15, 0.2) is 5.82 Å². The topological polar surface area (TPSA) is 69.6 Å². The lowest BCUT2D eigenvalue weighted by molar-refractivity contribution is 0.849. The number of fused-ring (bicyclic) bond motifs is 1. The average molecular weight is 333 g/mol. The Hall–Kier alpha value is -2.86. The Morgan fingerprint density at radius 1 is 0.958 bits per heavy atom. The predicted molar refractivity (Wildman–Crippen MR) is 96.9 cm³/mol. The molecule has 4 rings (SSSR count). The first-order valence-corrected chi connectivity index (χ1v) is 8.52. The molecule has 0 aliphatic rings. The first-order chi connectivity index (χ1) is 11.8. The molecule has 0 atom stereocenters. The SMILES string of the molecule is Nn1c(SCc2cccc3ccccc23)nnc1-c1cccnc1. The summed E-state index contributed by atoms with van der Waals surface area (Å²) < 4.78 is 1.52. The molecule has 6 heteroatoms. The highest BCUT2D eigenvalue weighted by Crippen LogP contribution is 2.27. The van der Waals surface area contributed by atoms with Gasteiger partial charge in [-0.25, -0.2) is 4.68 Å². The van der Waals surface area contributed by atoms with Gasteiger partial charge in [-0.15, -0.1) is 10.2 Å². The van der Waals surface area contributed by atoms with Crippen LogP contribution in [-0.2, 0) is 5.75 Å². The second kappa shape index (κ2) is 6.33. The number of hydrogen-bond acceptors (Lipinski definition) is 5. The Morgan fingerprint density at radius 2 is 1.83 bits per heavy atom. The molecule has 0 aliphatic carbocycles. The Morgan fingerprint density at radius 3 is 2.71 bits per heavy atom. The highest BCUT2D eigenvalue weighted by Gasteiger charge is 2.12. The van der Waals surface area contributed by atoms with Crippen LogP contribution in [0.5, 0.6) is 0 Å². The molecule has 4 aromatic rings. The molecule has 24 heavy (non-hydrogen) atoms. The second-order valence-electron chi connectivity index (χ2n) is 5.34. The maximum absolute atomic E-state index is 6.16. The smallest absolute Gasteiger partial charge is 0.210 e. The molecule has 5 nitrogen and oxygen atoms in total. The Bertz CT molecular complexity index is 976. The van der Waals surface area contributed by atoms with Crippen molar-refractivity contribution in [1.82, 2.24) is 19.9 Å². The number of nitrogens with two attached hydrogens (primary N) is 1. The van der Waals surface area contributed by atoms with E-state index in [0.717, 1.165) is 11.3 Å². The highest BCUT2D eigenvalue weighted by molar-refractivity contribution is 7.98. The van der Waals surface area contributed by atoms with Gasteiger partial charge in [0.05, 0.1) is 0 Å². The average Bonchev–Trinajstić information content (AvgIpc) is 3.01. The quantitative estimate of drug-likeness (QED) is 0.457. The second-order valence-corrected chi connectivity index (χ2v) is 6.29. The van der Waals surface area contributed by atoms with Crippen LogP contribution in [0.2, 0.25) is 0 Å². The minimum atomic E-state index is 0.614. The van der Waals surface area contributed by atoms with Crippen molar-refractivity contribution in [3.63, 3.8) is 0 Å². The van der Waals surface area contributed by atoms with Crippen molar-refractivity contribution in [1.29, 1.82) is 0 Å². The third-order valence-corrected chi connectivity index (χ3v) is 4.81. The number of benzene rings is 2. The number of pyridine rings is 1. The monoisotopic (exact) mass is 333 g/mol. The number of rotatable bonds is 4. The van der Waals surface area contributed by atoms with Crippen LogP contribution in [0, 0.1) is 0 Å². The van der Waals surface area contributed by atoms with E-state index in [9.17, 15) is 0 Å². The van der Waals surface area contributed by atoms with Crippen molar-refractivity contribution >= 4 is 22.5 Å². The maximum Gasteiger partial charge on any atom is 0.210 e. The van der Waals surface area contributed by atoms with E-state index in [1.165, 1.54) is 21.0 Å². The van der Waals surface area contributed by atoms with Gasteiger partial charge >= 0.3 is 0 Å². The molecule has 0 bridgehead atoms. The molecule has 0 spiro atoms. The fourth-order valence-corrected chi connectivity index (χ4v) is 3.49. The van der Waals surface area contributed by atoms with Gasteiger partial charge in [-0.2, -0.15) is 0 Å². The number of hydrogen-bond donors (Lipinski definition) is 1. The van der Waals surface area contributed by atoms with E-state index in [-0.39, 0.29) is 0 Å². The van der Waals surface area contributed by atoms with Crippen LogP contribution in [0.4, 0.5) is 0 Å². The van der Waals surface area contributed by atoms with Crippen molar-refractivity contribution in [2.75, 3.05) is 5.84 Å². The van der Waals surface area contributed by atoms with Gasteiger partial charge in [0, 0.05) is 23.7 Å². The molecule has 2 aromatic heterocycles. The molecule has 0 radical (unpaired) electrons. The Kier molecular flexibility index (Phi) is 3.88. The zero-order valence-electron chi connectivity index (χ0n) is 12.8. The molecule has 0 saturated carbocycles. The molecule has 0 unspecified atom stereocenters. The number of nitrogens with zero attached hydrogens (tertiary/aromatic N) is 4. The minimum Gasteiger partial charge on any atom is -0.335 e. The molecule has 2 heterocycles. The summed E-state index contributed by atoms with van der Waals surface area (Å²) in [6, 6.07) is 18.5. The predicted octanol–water partition coefficient (Wildman–Crippen LogP) is 3.50. The summed E-state index contributed by atoms with van der Waals surface area (Å²) in [7, 11) is 0. The molecule has 0 aliphatic heterocycles. The molecule has 118 valence electrons. The van der Waals surface area contributed by atoms with Crippen molar-refractivity contribution in [2.45, 2.75) is 10.9 Å². The fraction of sp³-hybridized carbons (Fsp3) is 0.0556. The van der Waals surface area contributed by atoms with Crippen LogP contribution in [0.1, 0.15) is 5.56 Å². The summed E-state index contributed by atoms with van der Waals surface area (Å²) >= 11 is 1.57. The van der Waals surface area contributed by atoms with E-state index in [1.807, 2.05) is 12.1 Å². The molecule has 2 aromatic carbocycles.